The molecule has 4 heterocycles. The largest absolute Gasteiger partial charge is 0.488 e. The quantitative estimate of drug-likeness (QED) is 0.699. The summed E-state index contributed by atoms with van der Waals surface area (Å²) in [6, 6.07) is 2.10. The van der Waals surface area contributed by atoms with Crippen LogP contribution in [0.3, 0.4) is 0 Å². The summed E-state index contributed by atoms with van der Waals surface area (Å²) in [6.07, 6.45) is 10.9. The number of nitrogens with one attached hydrogen (secondary N) is 1. The van der Waals surface area contributed by atoms with E-state index in [2.05, 4.69) is 61.7 Å². The van der Waals surface area contributed by atoms with Crippen molar-refractivity contribution in [3.05, 3.63) is 36.4 Å². The van der Waals surface area contributed by atoms with Gasteiger partial charge in [-0.3, -0.25) is 9.48 Å². The van der Waals surface area contributed by atoms with Gasteiger partial charge in [-0.1, -0.05) is 0 Å². The molecule has 1 aliphatic heterocycles. The number of nitrogens with zero attached hydrogens (tertiary/aromatic N) is 4. The topological polar surface area (TPSA) is 73.5 Å². The maximum atomic E-state index is 11.7. The predicted molar refractivity (Wildman–Crippen MR) is 115 cm³/mol. The highest BCUT2D eigenvalue weighted by Gasteiger charge is 2.31. The van der Waals surface area contributed by atoms with Gasteiger partial charge in [-0.25, -0.2) is 4.52 Å². The maximum absolute atomic E-state index is 11.7. The number of carbonyl (C=O) groups is 1. The molecule has 158 valence electrons. The fraction of sp³-hybridized carbons (Fsp3) is 0.522. The Morgan fingerprint density at radius 3 is 2.60 bits per heavy atom. The van der Waals surface area contributed by atoms with E-state index in [1.807, 2.05) is 21.6 Å². The molecule has 7 nitrogen and oxygen atoms in total. The number of rotatable bonds is 5. The maximum Gasteiger partial charge on any atom is 0.220 e. The van der Waals surface area contributed by atoms with Gasteiger partial charge >= 0.3 is 0 Å². The monoisotopic (exact) mass is 407 g/mol. The van der Waals surface area contributed by atoms with E-state index >= 15 is 0 Å². The van der Waals surface area contributed by atoms with E-state index in [0.717, 1.165) is 22.4 Å². The van der Waals surface area contributed by atoms with Crippen LogP contribution in [0.5, 0.6) is 5.75 Å². The highest BCUT2D eigenvalue weighted by molar-refractivity contribution is 5.78. The van der Waals surface area contributed by atoms with Crippen molar-refractivity contribution in [1.82, 2.24) is 24.7 Å². The molecule has 5 rings (SSSR count). The van der Waals surface area contributed by atoms with Crippen molar-refractivity contribution in [2.75, 3.05) is 6.54 Å². The second kappa shape index (κ2) is 6.86. The van der Waals surface area contributed by atoms with E-state index in [0.29, 0.717) is 18.9 Å². The fourth-order valence-electron chi connectivity index (χ4n) is 4.14. The Bertz CT molecular complexity index is 1100. The third-order valence-electron chi connectivity index (χ3n) is 6.21. The van der Waals surface area contributed by atoms with E-state index in [1.54, 1.807) is 0 Å². The van der Waals surface area contributed by atoms with E-state index in [9.17, 15) is 4.79 Å². The molecule has 7 heteroatoms. The minimum absolute atomic E-state index is 0.0674. The summed E-state index contributed by atoms with van der Waals surface area (Å²) in [5.74, 6) is 1.69. The van der Waals surface area contributed by atoms with Crippen LogP contribution in [0.25, 0.3) is 16.6 Å². The molecule has 2 fully saturated rings. The molecule has 0 spiro atoms. The predicted octanol–water partition coefficient (Wildman–Crippen LogP) is 3.73. The van der Waals surface area contributed by atoms with Gasteiger partial charge in [0.25, 0.3) is 0 Å². The molecule has 0 bridgehead atoms. The van der Waals surface area contributed by atoms with E-state index in [-0.39, 0.29) is 23.5 Å². The third-order valence-corrected chi connectivity index (χ3v) is 6.21. The van der Waals surface area contributed by atoms with Crippen LogP contribution in [-0.4, -0.2) is 38.0 Å². The number of aromatic nitrogens is 4. The first kappa shape index (κ1) is 19.2. The van der Waals surface area contributed by atoms with Gasteiger partial charge in [-0.15, -0.1) is 0 Å². The van der Waals surface area contributed by atoms with Gasteiger partial charge in [0, 0.05) is 48.0 Å². The van der Waals surface area contributed by atoms with E-state index in [1.165, 1.54) is 18.4 Å². The van der Waals surface area contributed by atoms with Crippen LogP contribution >= 0.6 is 0 Å². The molecule has 1 amide bonds. The van der Waals surface area contributed by atoms with Crippen LogP contribution < -0.4 is 10.1 Å². The molecule has 3 aromatic heterocycles. The Morgan fingerprint density at radius 2 is 1.97 bits per heavy atom. The normalized spacial score (nSPS) is 20.5. The molecule has 1 saturated heterocycles. The van der Waals surface area contributed by atoms with Gasteiger partial charge < -0.3 is 10.1 Å². The summed E-state index contributed by atoms with van der Waals surface area (Å²) in [5.41, 5.74) is 4.28. The van der Waals surface area contributed by atoms with Gasteiger partial charge in [0.1, 0.15) is 17.4 Å². The molecular formula is C23H29N5O2. The molecule has 1 N–H and O–H groups in total. The van der Waals surface area contributed by atoms with Gasteiger partial charge in [-0.05, 0) is 52.5 Å². The average molecular weight is 408 g/mol. The number of hydrogen-bond donors (Lipinski definition) is 1. The summed E-state index contributed by atoms with van der Waals surface area (Å²) in [5, 5.41) is 12.1. The fourth-order valence-corrected chi connectivity index (χ4v) is 4.14. The minimum Gasteiger partial charge on any atom is -0.488 e. The first-order valence-electron chi connectivity index (χ1n) is 10.8. The summed E-state index contributed by atoms with van der Waals surface area (Å²) >= 11 is 0. The third kappa shape index (κ3) is 3.46. The average Bonchev–Trinajstić information content (AvgIpc) is 3.10. The molecule has 0 radical (unpaired) electrons. The molecule has 2 aliphatic rings. The Balaban J connectivity index is 1.55. The molecular weight excluding hydrogens is 378 g/mol. The minimum atomic E-state index is -0.0803. The van der Waals surface area contributed by atoms with Crippen molar-refractivity contribution >= 4 is 11.4 Å². The second-order valence-electron chi connectivity index (χ2n) is 9.70. The van der Waals surface area contributed by atoms with Crippen LogP contribution in [0.2, 0.25) is 0 Å². The number of carbonyl (C=O) groups excluding carboxylic acids is 1. The smallest absolute Gasteiger partial charge is 0.220 e. The van der Waals surface area contributed by atoms with Crippen LogP contribution in [0.1, 0.15) is 58.4 Å². The zero-order valence-electron chi connectivity index (χ0n) is 18.1. The van der Waals surface area contributed by atoms with E-state index in [4.69, 9.17) is 4.74 Å². The summed E-state index contributed by atoms with van der Waals surface area (Å²) in [4.78, 5) is 11.7. The van der Waals surface area contributed by atoms with Crippen molar-refractivity contribution in [2.45, 2.75) is 64.5 Å². The Labute approximate surface area is 176 Å². The van der Waals surface area contributed by atoms with Gasteiger partial charge in [0.15, 0.2) is 0 Å². The van der Waals surface area contributed by atoms with Crippen molar-refractivity contribution in [3.63, 3.8) is 0 Å². The lowest BCUT2D eigenvalue weighted by Crippen LogP contribution is -2.25. The molecule has 3 aromatic rings. The first-order valence-corrected chi connectivity index (χ1v) is 10.8. The standard InChI is InChI=1S/C23H29N5O2/c1-14(16-8-21(29)24-9-16)30-20-7-17(18-10-26-28(13-18)23(2,3)4)12-27-22(20)19(11-25-27)15-5-6-15/h7,10-16H,5-6,8-9H2,1-4H3,(H,24,29)/t14-,16?/m1/s1. The van der Waals surface area contributed by atoms with Crippen molar-refractivity contribution < 1.29 is 9.53 Å². The van der Waals surface area contributed by atoms with Crippen LogP contribution in [0.4, 0.5) is 0 Å². The summed E-state index contributed by atoms with van der Waals surface area (Å²) in [6.45, 7) is 9.13. The van der Waals surface area contributed by atoms with Gasteiger partial charge in [-0.2, -0.15) is 10.2 Å². The molecule has 1 saturated carbocycles. The van der Waals surface area contributed by atoms with E-state index < -0.39 is 0 Å². The number of amides is 1. The lowest BCUT2D eigenvalue weighted by molar-refractivity contribution is -0.119. The number of ether oxygens (including phenoxy) is 1. The number of hydrogen-bond acceptors (Lipinski definition) is 4. The summed E-state index contributed by atoms with van der Waals surface area (Å²) in [7, 11) is 0. The van der Waals surface area contributed by atoms with Crippen molar-refractivity contribution in [3.8, 4) is 16.9 Å². The highest BCUT2D eigenvalue weighted by Crippen LogP contribution is 2.44. The summed E-state index contributed by atoms with van der Waals surface area (Å²) < 4.78 is 10.4. The van der Waals surface area contributed by atoms with Gasteiger partial charge in [0.2, 0.25) is 5.91 Å². The van der Waals surface area contributed by atoms with Crippen LogP contribution in [0, 0.1) is 5.92 Å². The molecule has 0 aromatic carbocycles. The Hall–Kier alpha value is -2.83. The van der Waals surface area contributed by atoms with Gasteiger partial charge in [0.05, 0.1) is 17.9 Å². The van der Waals surface area contributed by atoms with Crippen molar-refractivity contribution in [2.24, 2.45) is 5.92 Å². The lowest BCUT2D eigenvalue weighted by Gasteiger charge is -2.21. The zero-order chi connectivity index (χ0) is 21.0. The van der Waals surface area contributed by atoms with Crippen molar-refractivity contribution in [1.29, 1.82) is 0 Å². The SMILES string of the molecule is C[C@@H](Oc1cc(-c2cnn(C(C)(C)C)c2)cn2ncc(C3CC3)c12)C1CNC(=O)C1. The Morgan fingerprint density at radius 1 is 1.17 bits per heavy atom. The number of fused-ring (bicyclic) bond motifs is 1. The molecule has 30 heavy (non-hydrogen) atoms. The van der Waals surface area contributed by atoms with Crippen LogP contribution in [0.15, 0.2) is 30.9 Å². The Kier molecular flexibility index (Phi) is 4.38. The highest BCUT2D eigenvalue weighted by atomic mass is 16.5. The molecule has 2 atom stereocenters. The molecule has 1 unspecified atom stereocenters. The molecule has 1 aliphatic carbocycles. The van der Waals surface area contributed by atoms with Crippen LogP contribution in [-0.2, 0) is 10.3 Å². The zero-order valence-corrected chi connectivity index (χ0v) is 18.1. The second-order valence-corrected chi connectivity index (χ2v) is 9.70. The first-order chi connectivity index (χ1) is 14.3. The number of pyridine rings is 1. The lowest BCUT2D eigenvalue weighted by atomic mass is 10.0.